The molecule has 1 N–H and O–H groups in total. The van der Waals surface area contributed by atoms with Crippen LogP contribution in [0.15, 0.2) is 41.2 Å². The van der Waals surface area contributed by atoms with E-state index in [9.17, 15) is 9.59 Å². The minimum Gasteiger partial charge on any atom is -0.497 e. The molecule has 1 saturated heterocycles. The van der Waals surface area contributed by atoms with Crippen molar-refractivity contribution in [3.8, 4) is 17.0 Å². The van der Waals surface area contributed by atoms with Crippen LogP contribution in [0.2, 0.25) is 0 Å². The summed E-state index contributed by atoms with van der Waals surface area (Å²) in [5.74, 6) is 0.777. The Morgan fingerprint density at radius 3 is 2.37 bits per heavy atom. The topological polar surface area (TPSA) is 74.9 Å². The third kappa shape index (κ3) is 4.68. The molecule has 0 atom stereocenters. The Bertz CT molecular complexity index is 824. The lowest BCUT2D eigenvalue weighted by Crippen LogP contribution is -2.48. The molecule has 1 amide bonds. The Labute approximate surface area is 158 Å². The number of H-pyrrole nitrogens is 1. The highest BCUT2D eigenvalue weighted by molar-refractivity contribution is 5.67. The van der Waals surface area contributed by atoms with Crippen molar-refractivity contribution in [1.29, 1.82) is 0 Å². The third-order valence-corrected chi connectivity index (χ3v) is 4.68. The number of hydrogen-bond acceptors (Lipinski definition) is 5. The van der Waals surface area contributed by atoms with E-state index in [0.29, 0.717) is 26.2 Å². The lowest BCUT2D eigenvalue weighted by Gasteiger charge is -2.33. The molecule has 1 aliphatic heterocycles. The fourth-order valence-electron chi connectivity index (χ4n) is 3.11. The van der Waals surface area contributed by atoms with Gasteiger partial charge in [-0.2, -0.15) is 0 Å². The molecular weight excluding hydrogens is 346 g/mol. The van der Waals surface area contributed by atoms with Crippen molar-refractivity contribution in [3.05, 3.63) is 52.3 Å². The number of benzene rings is 1. The van der Waals surface area contributed by atoms with Gasteiger partial charge in [0, 0.05) is 44.0 Å². The first-order valence-electron chi connectivity index (χ1n) is 9.11. The number of nitrogens with one attached hydrogen (secondary N) is 1. The first kappa shape index (κ1) is 19.0. The van der Waals surface area contributed by atoms with Crippen molar-refractivity contribution in [2.24, 2.45) is 0 Å². The van der Waals surface area contributed by atoms with E-state index >= 15 is 0 Å². The van der Waals surface area contributed by atoms with E-state index in [2.05, 4.69) is 9.88 Å². The first-order chi connectivity index (χ1) is 13.1. The van der Waals surface area contributed by atoms with Crippen LogP contribution in [-0.4, -0.2) is 60.8 Å². The van der Waals surface area contributed by atoms with Crippen LogP contribution in [0.5, 0.6) is 5.75 Å². The second kappa shape index (κ2) is 8.73. The van der Waals surface area contributed by atoms with Gasteiger partial charge >= 0.3 is 6.09 Å². The van der Waals surface area contributed by atoms with Crippen LogP contribution in [0, 0.1) is 0 Å². The second-order valence-electron chi connectivity index (χ2n) is 6.42. The summed E-state index contributed by atoms with van der Waals surface area (Å²) in [6, 6.07) is 11.4. The zero-order chi connectivity index (χ0) is 19.2. The van der Waals surface area contributed by atoms with Gasteiger partial charge in [0.25, 0.3) is 5.56 Å². The number of hydrogen-bond donors (Lipinski definition) is 1. The summed E-state index contributed by atoms with van der Waals surface area (Å²) in [7, 11) is 1.62. The van der Waals surface area contributed by atoms with Gasteiger partial charge in [-0.15, -0.1) is 0 Å². The van der Waals surface area contributed by atoms with E-state index in [4.69, 9.17) is 9.47 Å². The molecule has 0 radical (unpaired) electrons. The van der Waals surface area contributed by atoms with Gasteiger partial charge in [0.2, 0.25) is 0 Å². The molecule has 0 aliphatic carbocycles. The molecule has 1 aromatic heterocycles. The monoisotopic (exact) mass is 371 g/mol. The molecule has 0 bridgehead atoms. The fraction of sp³-hybridized carbons (Fsp3) is 0.400. The highest BCUT2D eigenvalue weighted by atomic mass is 16.6. The normalized spacial score (nSPS) is 14.8. The zero-order valence-electron chi connectivity index (χ0n) is 15.7. The third-order valence-electron chi connectivity index (χ3n) is 4.68. The molecular formula is C20H25N3O4. The van der Waals surface area contributed by atoms with Crippen molar-refractivity contribution < 1.29 is 14.3 Å². The number of pyridine rings is 1. The number of amides is 1. The number of rotatable bonds is 5. The molecule has 0 spiro atoms. The Morgan fingerprint density at radius 1 is 1.07 bits per heavy atom. The Balaban J connectivity index is 1.61. The van der Waals surface area contributed by atoms with E-state index in [1.54, 1.807) is 18.9 Å². The molecule has 3 rings (SSSR count). The molecule has 0 unspecified atom stereocenters. The van der Waals surface area contributed by atoms with Crippen LogP contribution in [0.25, 0.3) is 11.3 Å². The summed E-state index contributed by atoms with van der Waals surface area (Å²) in [6.45, 7) is 5.41. The number of carbonyl (C=O) groups excluding carboxylic acids is 1. The van der Waals surface area contributed by atoms with Gasteiger partial charge in [0.15, 0.2) is 0 Å². The van der Waals surface area contributed by atoms with Crippen molar-refractivity contribution in [2.75, 3.05) is 39.9 Å². The van der Waals surface area contributed by atoms with Crippen molar-refractivity contribution in [1.82, 2.24) is 14.8 Å². The summed E-state index contributed by atoms with van der Waals surface area (Å²) >= 11 is 0. The van der Waals surface area contributed by atoms with E-state index in [-0.39, 0.29) is 11.7 Å². The largest absolute Gasteiger partial charge is 0.497 e. The number of ether oxygens (including phenoxy) is 2. The second-order valence-corrected chi connectivity index (χ2v) is 6.42. The van der Waals surface area contributed by atoms with Gasteiger partial charge in [-0.05, 0) is 42.8 Å². The van der Waals surface area contributed by atoms with E-state index in [0.717, 1.165) is 35.7 Å². The predicted octanol–water partition coefficient (Wildman–Crippen LogP) is 2.32. The summed E-state index contributed by atoms with van der Waals surface area (Å²) < 4.78 is 10.2. The maximum absolute atomic E-state index is 12.5. The van der Waals surface area contributed by atoms with Crippen LogP contribution in [-0.2, 0) is 11.3 Å². The van der Waals surface area contributed by atoms with Gasteiger partial charge in [0.05, 0.1) is 13.7 Å². The standard InChI is InChI=1S/C20H25N3O4/c1-3-27-20(25)23-12-10-22(11-13-23)14-16-6-9-18(21-19(16)24)15-4-7-17(26-2)8-5-15/h4-9H,3,10-14H2,1-2H3,(H,21,24). The number of aromatic amines is 1. The number of nitrogens with zero attached hydrogens (tertiary/aromatic N) is 2. The predicted molar refractivity (Wildman–Crippen MR) is 103 cm³/mol. The Morgan fingerprint density at radius 2 is 1.78 bits per heavy atom. The van der Waals surface area contributed by atoms with Gasteiger partial charge in [-0.3, -0.25) is 9.69 Å². The number of aromatic nitrogens is 1. The van der Waals surface area contributed by atoms with Crippen molar-refractivity contribution >= 4 is 6.09 Å². The molecule has 2 heterocycles. The lowest BCUT2D eigenvalue weighted by molar-refractivity contribution is 0.0777. The zero-order valence-corrected chi connectivity index (χ0v) is 15.7. The van der Waals surface area contributed by atoms with Crippen LogP contribution < -0.4 is 10.3 Å². The number of methoxy groups -OCH3 is 1. The van der Waals surface area contributed by atoms with E-state index in [1.165, 1.54) is 0 Å². The smallest absolute Gasteiger partial charge is 0.409 e. The minimum atomic E-state index is -0.265. The lowest BCUT2D eigenvalue weighted by atomic mass is 10.1. The molecule has 0 saturated carbocycles. The molecule has 1 fully saturated rings. The van der Waals surface area contributed by atoms with Crippen LogP contribution in [0.4, 0.5) is 4.79 Å². The molecule has 7 heteroatoms. The van der Waals surface area contributed by atoms with Crippen LogP contribution in [0.1, 0.15) is 12.5 Å². The fourth-order valence-corrected chi connectivity index (χ4v) is 3.11. The van der Waals surface area contributed by atoms with Crippen LogP contribution in [0.3, 0.4) is 0 Å². The molecule has 1 aromatic carbocycles. The van der Waals surface area contributed by atoms with E-state index in [1.807, 2.05) is 36.4 Å². The highest BCUT2D eigenvalue weighted by Gasteiger charge is 2.22. The highest BCUT2D eigenvalue weighted by Crippen LogP contribution is 2.20. The van der Waals surface area contributed by atoms with Gasteiger partial charge in [0.1, 0.15) is 5.75 Å². The quantitative estimate of drug-likeness (QED) is 0.873. The molecule has 7 nitrogen and oxygen atoms in total. The average molecular weight is 371 g/mol. The summed E-state index contributed by atoms with van der Waals surface area (Å²) in [4.78, 5) is 31.1. The molecule has 144 valence electrons. The average Bonchev–Trinajstić information content (AvgIpc) is 2.70. The molecule has 2 aromatic rings. The van der Waals surface area contributed by atoms with Gasteiger partial charge < -0.3 is 19.4 Å². The van der Waals surface area contributed by atoms with Gasteiger partial charge in [-0.25, -0.2) is 4.79 Å². The van der Waals surface area contributed by atoms with E-state index < -0.39 is 0 Å². The summed E-state index contributed by atoms with van der Waals surface area (Å²) in [6.07, 6.45) is -0.265. The summed E-state index contributed by atoms with van der Waals surface area (Å²) in [5.41, 5.74) is 2.34. The maximum Gasteiger partial charge on any atom is 0.409 e. The maximum atomic E-state index is 12.5. The number of piperazine rings is 1. The van der Waals surface area contributed by atoms with Crippen molar-refractivity contribution in [2.45, 2.75) is 13.5 Å². The number of carbonyl (C=O) groups is 1. The Hall–Kier alpha value is -2.80. The summed E-state index contributed by atoms with van der Waals surface area (Å²) in [5, 5.41) is 0. The molecule has 27 heavy (non-hydrogen) atoms. The van der Waals surface area contributed by atoms with Gasteiger partial charge in [-0.1, -0.05) is 6.07 Å². The SMILES string of the molecule is CCOC(=O)N1CCN(Cc2ccc(-c3ccc(OC)cc3)[nH]c2=O)CC1. The first-order valence-corrected chi connectivity index (χ1v) is 9.11. The van der Waals surface area contributed by atoms with Crippen molar-refractivity contribution in [3.63, 3.8) is 0 Å². The van der Waals surface area contributed by atoms with Crippen LogP contribution >= 0.6 is 0 Å². The molecule has 1 aliphatic rings. The minimum absolute atomic E-state index is 0.0869. The Kier molecular flexibility index (Phi) is 6.13.